The molecule has 0 aliphatic rings. The van der Waals surface area contributed by atoms with Crippen molar-refractivity contribution < 1.29 is 17.9 Å². The molecule has 2 N–H and O–H groups in total. The average Bonchev–Trinajstić information content (AvgIpc) is 2.66. The molecule has 2 aromatic rings. The fraction of sp³-hybridized carbons (Fsp3) is 0.350. The Morgan fingerprint density at radius 2 is 1.78 bits per heavy atom. The molecule has 0 heterocycles. The lowest BCUT2D eigenvalue weighted by molar-refractivity contribution is 0.0952. The van der Waals surface area contributed by atoms with Crippen LogP contribution in [0, 0.1) is 6.92 Å². The number of hydrogen-bond acceptors (Lipinski definition) is 4. The maximum atomic E-state index is 12.9. The van der Waals surface area contributed by atoms with Crippen molar-refractivity contribution in [3.63, 3.8) is 0 Å². The SMILES string of the molecule is CCNC(=O)c1cc(S(=O)(=O)NC(CC)c2ccc(C)cc2)ccc1OC. The van der Waals surface area contributed by atoms with Gasteiger partial charge in [-0.05, 0) is 44.0 Å². The Balaban J connectivity index is 2.35. The number of rotatable bonds is 8. The first-order valence-electron chi connectivity index (χ1n) is 8.87. The van der Waals surface area contributed by atoms with Crippen molar-refractivity contribution in [3.8, 4) is 5.75 Å². The van der Waals surface area contributed by atoms with Crippen LogP contribution in [0.4, 0.5) is 0 Å². The fourth-order valence-electron chi connectivity index (χ4n) is 2.73. The predicted molar refractivity (Wildman–Crippen MR) is 106 cm³/mol. The number of amides is 1. The summed E-state index contributed by atoms with van der Waals surface area (Å²) in [6.07, 6.45) is 0.599. The van der Waals surface area contributed by atoms with E-state index in [0.717, 1.165) is 11.1 Å². The quantitative estimate of drug-likeness (QED) is 0.725. The van der Waals surface area contributed by atoms with Crippen LogP contribution in [0.2, 0.25) is 0 Å². The second kappa shape index (κ2) is 9.01. The third kappa shape index (κ3) is 5.08. The predicted octanol–water partition coefficient (Wildman–Crippen LogP) is 3.18. The number of hydrogen-bond donors (Lipinski definition) is 2. The van der Waals surface area contributed by atoms with Gasteiger partial charge in [-0.2, -0.15) is 0 Å². The molecule has 2 rings (SSSR count). The van der Waals surface area contributed by atoms with E-state index >= 15 is 0 Å². The van der Waals surface area contributed by atoms with Gasteiger partial charge >= 0.3 is 0 Å². The summed E-state index contributed by atoms with van der Waals surface area (Å²) in [7, 11) is -2.37. The first kappa shape index (κ1) is 20.9. The number of nitrogens with one attached hydrogen (secondary N) is 2. The van der Waals surface area contributed by atoms with Crippen molar-refractivity contribution in [2.75, 3.05) is 13.7 Å². The first-order chi connectivity index (χ1) is 12.8. The van der Waals surface area contributed by atoms with Crippen LogP contribution in [0.5, 0.6) is 5.75 Å². The number of aryl methyl sites for hydroxylation is 1. The maximum Gasteiger partial charge on any atom is 0.255 e. The van der Waals surface area contributed by atoms with Crippen molar-refractivity contribution in [3.05, 3.63) is 59.2 Å². The molecule has 0 aromatic heterocycles. The zero-order chi connectivity index (χ0) is 20.0. The number of sulfonamides is 1. The van der Waals surface area contributed by atoms with E-state index in [1.807, 2.05) is 38.1 Å². The highest BCUT2D eigenvalue weighted by Crippen LogP contribution is 2.25. The van der Waals surface area contributed by atoms with E-state index in [9.17, 15) is 13.2 Å². The molecular weight excluding hydrogens is 364 g/mol. The van der Waals surface area contributed by atoms with E-state index in [0.29, 0.717) is 18.7 Å². The molecule has 0 spiro atoms. The van der Waals surface area contributed by atoms with Crippen molar-refractivity contribution in [2.45, 2.75) is 38.1 Å². The Hall–Kier alpha value is -2.38. The van der Waals surface area contributed by atoms with Gasteiger partial charge in [-0.25, -0.2) is 13.1 Å². The lowest BCUT2D eigenvalue weighted by Gasteiger charge is -2.18. The molecule has 7 heteroatoms. The summed E-state index contributed by atoms with van der Waals surface area (Å²) >= 11 is 0. The summed E-state index contributed by atoms with van der Waals surface area (Å²) in [5.41, 5.74) is 2.19. The zero-order valence-corrected chi connectivity index (χ0v) is 16.9. The lowest BCUT2D eigenvalue weighted by Crippen LogP contribution is -2.29. The van der Waals surface area contributed by atoms with Gasteiger partial charge in [-0.3, -0.25) is 4.79 Å². The monoisotopic (exact) mass is 390 g/mol. The Morgan fingerprint density at radius 1 is 1.11 bits per heavy atom. The summed E-state index contributed by atoms with van der Waals surface area (Å²) in [6.45, 7) is 6.12. The van der Waals surface area contributed by atoms with Crippen LogP contribution in [0.1, 0.15) is 47.8 Å². The van der Waals surface area contributed by atoms with Crippen molar-refractivity contribution >= 4 is 15.9 Å². The van der Waals surface area contributed by atoms with Gasteiger partial charge in [-0.15, -0.1) is 0 Å². The van der Waals surface area contributed by atoms with Crippen molar-refractivity contribution in [2.24, 2.45) is 0 Å². The van der Waals surface area contributed by atoms with Crippen LogP contribution >= 0.6 is 0 Å². The Labute approximate surface area is 161 Å². The van der Waals surface area contributed by atoms with Crippen LogP contribution in [-0.2, 0) is 10.0 Å². The van der Waals surface area contributed by atoms with Gasteiger partial charge in [0.25, 0.3) is 5.91 Å². The summed E-state index contributed by atoms with van der Waals surface area (Å²) in [5.74, 6) is -0.0533. The normalized spacial score (nSPS) is 12.4. The summed E-state index contributed by atoms with van der Waals surface area (Å²) < 4.78 is 33.7. The van der Waals surface area contributed by atoms with Crippen LogP contribution < -0.4 is 14.8 Å². The third-order valence-electron chi connectivity index (χ3n) is 4.25. The number of ether oxygens (including phenoxy) is 1. The van der Waals surface area contributed by atoms with E-state index in [-0.39, 0.29) is 22.4 Å². The highest BCUT2D eigenvalue weighted by Gasteiger charge is 2.23. The minimum Gasteiger partial charge on any atom is -0.496 e. The molecule has 0 bridgehead atoms. The second-order valence-corrected chi connectivity index (χ2v) is 7.93. The molecular formula is C20H26N2O4S. The largest absolute Gasteiger partial charge is 0.496 e. The third-order valence-corrected chi connectivity index (χ3v) is 5.72. The van der Waals surface area contributed by atoms with Crippen LogP contribution in [0.3, 0.4) is 0 Å². The minimum absolute atomic E-state index is 0.0233. The molecule has 6 nitrogen and oxygen atoms in total. The minimum atomic E-state index is -3.81. The summed E-state index contributed by atoms with van der Waals surface area (Å²) in [6, 6.07) is 11.6. The topological polar surface area (TPSA) is 84.5 Å². The average molecular weight is 391 g/mol. The number of carbonyl (C=O) groups excluding carboxylic acids is 1. The van der Waals surface area contributed by atoms with E-state index in [1.54, 1.807) is 6.92 Å². The second-order valence-electron chi connectivity index (χ2n) is 6.21. The Kier molecular flexibility index (Phi) is 6.98. The highest BCUT2D eigenvalue weighted by molar-refractivity contribution is 7.89. The summed E-state index contributed by atoms with van der Waals surface area (Å²) in [4.78, 5) is 12.3. The molecule has 146 valence electrons. The molecule has 0 aliphatic heterocycles. The Morgan fingerprint density at radius 3 is 2.33 bits per heavy atom. The van der Waals surface area contributed by atoms with Gasteiger partial charge in [0.1, 0.15) is 5.75 Å². The maximum absolute atomic E-state index is 12.9. The van der Waals surface area contributed by atoms with Crippen LogP contribution in [-0.4, -0.2) is 28.0 Å². The van der Waals surface area contributed by atoms with Gasteiger partial charge < -0.3 is 10.1 Å². The Bertz CT molecular complexity index is 893. The lowest BCUT2D eigenvalue weighted by atomic mass is 10.0. The molecule has 2 aromatic carbocycles. The van der Waals surface area contributed by atoms with Crippen LogP contribution in [0.25, 0.3) is 0 Å². The molecule has 1 unspecified atom stereocenters. The number of carbonyl (C=O) groups is 1. The molecule has 0 fully saturated rings. The van der Waals surface area contributed by atoms with E-state index in [2.05, 4.69) is 10.0 Å². The molecule has 1 atom stereocenters. The standard InChI is InChI=1S/C20H26N2O4S/c1-5-18(15-9-7-14(3)8-10-15)22-27(24,25)16-11-12-19(26-4)17(13-16)20(23)21-6-2/h7-13,18,22H,5-6H2,1-4H3,(H,21,23). The van der Waals surface area contributed by atoms with Crippen molar-refractivity contribution in [1.29, 1.82) is 0 Å². The highest BCUT2D eigenvalue weighted by atomic mass is 32.2. The van der Waals surface area contributed by atoms with Gasteiger partial charge in [0.05, 0.1) is 17.6 Å². The van der Waals surface area contributed by atoms with Crippen molar-refractivity contribution in [1.82, 2.24) is 10.0 Å². The molecule has 1 amide bonds. The van der Waals surface area contributed by atoms with Gasteiger partial charge in [0, 0.05) is 12.6 Å². The first-order valence-corrected chi connectivity index (χ1v) is 10.4. The smallest absolute Gasteiger partial charge is 0.255 e. The van der Waals surface area contributed by atoms with E-state index in [4.69, 9.17) is 4.74 Å². The van der Waals surface area contributed by atoms with E-state index in [1.165, 1.54) is 25.3 Å². The molecule has 0 saturated carbocycles. The zero-order valence-electron chi connectivity index (χ0n) is 16.1. The molecule has 0 aliphatic carbocycles. The number of methoxy groups -OCH3 is 1. The van der Waals surface area contributed by atoms with Gasteiger partial charge in [0.2, 0.25) is 10.0 Å². The summed E-state index contributed by atoms with van der Waals surface area (Å²) in [5, 5.41) is 2.66. The molecule has 27 heavy (non-hydrogen) atoms. The van der Waals surface area contributed by atoms with Crippen LogP contribution in [0.15, 0.2) is 47.4 Å². The van der Waals surface area contributed by atoms with Gasteiger partial charge in [0.15, 0.2) is 0 Å². The molecule has 0 radical (unpaired) electrons. The number of benzene rings is 2. The fourth-order valence-corrected chi connectivity index (χ4v) is 4.06. The van der Waals surface area contributed by atoms with Gasteiger partial charge in [-0.1, -0.05) is 36.8 Å². The van der Waals surface area contributed by atoms with E-state index < -0.39 is 10.0 Å². The molecule has 0 saturated heterocycles.